The molecule has 4 heteroatoms. The Morgan fingerprint density at radius 2 is 1.50 bits per heavy atom. The number of carbonyl (C=O) groups excluding carboxylic acids is 1. The summed E-state index contributed by atoms with van der Waals surface area (Å²) in [6.45, 7) is 3.88. The molecule has 1 aromatic heterocycles. The standard InChI is InChI=1S/C26H23FN2O/c1-18(20-9-5-3-6-10-20)28-26(30)24-17-25(21-11-7-4-8-12-21)29(19(24)2)23-15-13-22(27)14-16-23/h3-18H,1-2H3,(H,28,30). The van der Waals surface area contributed by atoms with Gasteiger partial charge in [0.2, 0.25) is 0 Å². The summed E-state index contributed by atoms with van der Waals surface area (Å²) in [5, 5.41) is 3.09. The summed E-state index contributed by atoms with van der Waals surface area (Å²) in [6, 6.07) is 27.9. The number of aromatic nitrogens is 1. The predicted octanol–water partition coefficient (Wildman–Crippen LogP) is 6.08. The molecule has 0 aliphatic rings. The van der Waals surface area contributed by atoms with Crippen LogP contribution < -0.4 is 5.32 Å². The average Bonchev–Trinajstić information content (AvgIpc) is 3.13. The van der Waals surface area contributed by atoms with Crippen LogP contribution in [0.25, 0.3) is 16.9 Å². The van der Waals surface area contributed by atoms with E-state index >= 15 is 0 Å². The van der Waals surface area contributed by atoms with Crippen LogP contribution in [0.1, 0.15) is 34.6 Å². The molecule has 150 valence electrons. The Hall–Kier alpha value is -3.66. The summed E-state index contributed by atoms with van der Waals surface area (Å²) >= 11 is 0. The predicted molar refractivity (Wildman–Crippen MR) is 118 cm³/mol. The summed E-state index contributed by atoms with van der Waals surface area (Å²) in [4.78, 5) is 13.1. The molecule has 0 saturated carbocycles. The fourth-order valence-electron chi connectivity index (χ4n) is 3.68. The van der Waals surface area contributed by atoms with Crippen molar-refractivity contribution in [3.05, 3.63) is 114 Å². The van der Waals surface area contributed by atoms with Crippen LogP contribution in [0.5, 0.6) is 0 Å². The molecule has 0 aliphatic heterocycles. The van der Waals surface area contributed by atoms with Crippen molar-refractivity contribution in [2.24, 2.45) is 0 Å². The SMILES string of the molecule is Cc1c(C(=O)NC(C)c2ccccc2)cc(-c2ccccc2)n1-c1ccc(F)cc1. The lowest BCUT2D eigenvalue weighted by Gasteiger charge is -2.15. The van der Waals surface area contributed by atoms with Crippen LogP contribution in [-0.2, 0) is 0 Å². The molecule has 1 heterocycles. The fourth-order valence-corrected chi connectivity index (χ4v) is 3.68. The summed E-state index contributed by atoms with van der Waals surface area (Å²) in [5.41, 5.74) is 5.13. The van der Waals surface area contributed by atoms with Crippen molar-refractivity contribution >= 4 is 5.91 Å². The fraction of sp³-hybridized carbons (Fsp3) is 0.115. The first kappa shape index (κ1) is 19.6. The second-order valence-corrected chi connectivity index (χ2v) is 7.31. The molecule has 1 atom stereocenters. The Balaban J connectivity index is 1.75. The zero-order valence-electron chi connectivity index (χ0n) is 17.0. The lowest BCUT2D eigenvalue weighted by molar-refractivity contribution is 0.0939. The molecule has 0 spiro atoms. The Labute approximate surface area is 175 Å². The van der Waals surface area contributed by atoms with Gasteiger partial charge in [0.15, 0.2) is 0 Å². The highest BCUT2D eigenvalue weighted by Crippen LogP contribution is 2.30. The van der Waals surface area contributed by atoms with Crippen LogP contribution >= 0.6 is 0 Å². The van der Waals surface area contributed by atoms with Gasteiger partial charge in [-0.3, -0.25) is 4.79 Å². The third-order valence-electron chi connectivity index (χ3n) is 5.29. The second-order valence-electron chi connectivity index (χ2n) is 7.31. The van der Waals surface area contributed by atoms with E-state index in [1.54, 1.807) is 12.1 Å². The van der Waals surface area contributed by atoms with Crippen molar-refractivity contribution in [3.63, 3.8) is 0 Å². The number of hydrogen-bond donors (Lipinski definition) is 1. The van der Waals surface area contributed by atoms with Crippen molar-refractivity contribution in [1.82, 2.24) is 9.88 Å². The first-order valence-corrected chi connectivity index (χ1v) is 9.94. The van der Waals surface area contributed by atoms with Gasteiger partial charge in [0, 0.05) is 11.4 Å². The molecular weight excluding hydrogens is 375 g/mol. The molecule has 0 aliphatic carbocycles. The van der Waals surface area contributed by atoms with Crippen LogP contribution in [0.4, 0.5) is 4.39 Å². The van der Waals surface area contributed by atoms with Crippen LogP contribution in [-0.4, -0.2) is 10.5 Å². The Kier molecular flexibility index (Phi) is 5.48. The maximum atomic E-state index is 13.5. The molecule has 1 amide bonds. The number of benzene rings is 3. The molecule has 0 bridgehead atoms. The zero-order chi connectivity index (χ0) is 21.1. The number of nitrogens with one attached hydrogen (secondary N) is 1. The molecule has 4 rings (SSSR count). The van der Waals surface area contributed by atoms with Crippen LogP contribution in [0.2, 0.25) is 0 Å². The van der Waals surface area contributed by atoms with Gasteiger partial charge in [-0.1, -0.05) is 60.7 Å². The van der Waals surface area contributed by atoms with E-state index in [1.165, 1.54) is 12.1 Å². The monoisotopic (exact) mass is 398 g/mol. The normalized spacial score (nSPS) is 11.8. The molecule has 4 aromatic rings. The zero-order valence-corrected chi connectivity index (χ0v) is 17.0. The Morgan fingerprint density at radius 3 is 2.13 bits per heavy atom. The van der Waals surface area contributed by atoms with Crippen molar-refractivity contribution in [2.45, 2.75) is 19.9 Å². The molecule has 0 fully saturated rings. The van der Waals surface area contributed by atoms with Crippen molar-refractivity contribution in [3.8, 4) is 16.9 Å². The van der Waals surface area contributed by atoms with Gasteiger partial charge in [-0.25, -0.2) is 4.39 Å². The van der Waals surface area contributed by atoms with Gasteiger partial charge in [0.25, 0.3) is 5.91 Å². The number of amides is 1. The maximum Gasteiger partial charge on any atom is 0.253 e. The van der Waals surface area contributed by atoms with Gasteiger partial charge in [-0.15, -0.1) is 0 Å². The highest BCUT2D eigenvalue weighted by molar-refractivity contribution is 5.97. The van der Waals surface area contributed by atoms with Gasteiger partial charge in [0.1, 0.15) is 5.82 Å². The third kappa shape index (κ3) is 3.90. The van der Waals surface area contributed by atoms with Gasteiger partial charge in [-0.2, -0.15) is 0 Å². The minimum Gasteiger partial charge on any atom is -0.345 e. The second kappa shape index (κ2) is 8.37. The first-order chi connectivity index (χ1) is 14.5. The molecule has 0 radical (unpaired) electrons. The number of carbonyl (C=O) groups is 1. The lowest BCUT2D eigenvalue weighted by atomic mass is 10.1. The van der Waals surface area contributed by atoms with Crippen molar-refractivity contribution < 1.29 is 9.18 Å². The van der Waals surface area contributed by atoms with Gasteiger partial charge in [0.05, 0.1) is 17.3 Å². The summed E-state index contributed by atoms with van der Waals surface area (Å²) in [6.07, 6.45) is 0. The van der Waals surface area contributed by atoms with E-state index in [4.69, 9.17) is 0 Å². The van der Waals surface area contributed by atoms with Crippen LogP contribution in [0.15, 0.2) is 91.0 Å². The molecule has 1 N–H and O–H groups in total. The largest absolute Gasteiger partial charge is 0.345 e. The summed E-state index contributed by atoms with van der Waals surface area (Å²) < 4.78 is 15.5. The van der Waals surface area contributed by atoms with E-state index < -0.39 is 0 Å². The lowest BCUT2D eigenvalue weighted by Crippen LogP contribution is -2.27. The molecule has 30 heavy (non-hydrogen) atoms. The maximum absolute atomic E-state index is 13.5. The van der Waals surface area contributed by atoms with E-state index in [-0.39, 0.29) is 17.8 Å². The number of hydrogen-bond acceptors (Lipinski definition) is 1. The van der Waals surface area contributed by atoms with Crippen LogP contribution in [0, 0.1) is 12.7 Å². The number of halogens is 1. The summed E-state index contributed by atoms with van der Waals surface area (Å²) in [7, 11) is 0. The van der Waals surface area contributed by atoms with E-state index in [2.05, 4.69) is 5.32 Å². The first-order valence-electron chi connectivity index (χ1n) is 9.94. The minimum atomic E-state index is -0.292. The van der Waals surface area contributed by atoms with E-state index in [9.17, 15) is 9.18 Å². The van der Waals surface area contributed by atoms with Crippen LogP contribution in [0.3, 0.4) is 0 Å². The third-order valence-corrected chi connectivity index (χ3v) is 5.29. The molecule has 1 unspecified atom stereocenters. The van der Waals surface area contributed by atoms with Gasteiger partial charge < -0.3 is 9.88 Å². The Morgan fingerprint density at radius 1 is 0.900 bits per heavy atom. The topological polar surface area (TPSA) is 34.0 Å². The van der Waals surface area contributed by atoms with E-state index in [0.717, 1.165) is 28.2 Å². The number of nitrogens with zero attached hydrogens (tertiary/aromatic N) is 1. The van der Waals surface area contributed by atoms with Crippen molar-refractivity contribution in [2.75, 3.05) is 0 Å². The van der Waals surface area contributed by atoms with Gasteiger partial charge in [-0.05, 0) is 55.3 Å². The van der Waals surface area contributed by atoms with E-state index in [1.807, 2.05) is 85.1 Å². The van der Waals surface area contributed by atoms with Crippen molar-refractivity contribution in [1.29, 1.82) is 0 Å². The van der Waals surface area contributed by atoms with E-state index in [0.29, 0.717) is 5.56 Å². The quantitative estimate of drug-likeness (QED) is 0.434. The summed E-state index contributed by atoms with van der Waals surface area (Å²) in [5.74, 6) is -0.429. The highest BCUT2D eigenvalue weighted by atomic mass is 19.1. The molecular formula is C26H23FN2O. The smallest absolute Gasteiger partial charge is 0.253 e. The number of rotatable bonds is 5. The molecule has 3 aromatic carbocycles. The highest BCUT2D eigenvalue weighted by Gasteiger charge is 2.21. The Bertz CT molecular complexity index is 1150. The average molecular weight is 398 g/mol. The van der Waals surface area contributed by atoms with Gasteiger partial charge >= 0.3 is 0 Å². The molecule has 0 saturated heterocycles. The minimum absolute atomic E-state index is 0.118. The molecule has 3 nitrogen and oxygen atoms in total.